The van der Waals surface area contributed by atoms with Crippen LogP contribution in [-0.2, 0) is 4.74 Å². The predicted molar refractivity (Wildman–Crippen MR) is 32.6 cm³/mol. The molecule has 1 aliphatic rings. The predicted octanol–water partition coefficient (Wildman–Crippen LogP) is 0.513. The molecule has 2 N–H and O–H groups in total. The number of ether oxygens (including phenoxy) is 1. The molecule has 0 aliphatic heterocycles. The first-order valence-electron chi connectivity index (χ1n) is 3.13. The van der Waals surface area contributed by atoms with E-state index < -0.39 is 0 Å². The van der Waals surface area contributed by atoms with Crippen LogP contribution in [0.1, 0.15) is 19.3 Å². The number of hydrogen-bond donors (Lipinski definition) is 1. The lowest BCUT2D eigenvalue weighted by Crippen LogP contribution is -2.30. The standard InChI is InChI=1S/C6H13NO/c1-8-6-4-2-3-5(6)7/h5-6H,2-4,7H2,1H3. The van der Waals surface area contributed by atoms with Crippen LogP contribution in [-0.4, -0.2) is 19.3 Å². The van der Waals surface area contributed by atoms with Gasteiger partial charge in [-0.05, 0) is 19.3 Å². The fourth-order valence-corrected chi connectivity index (χ4v) is 1.25. The van der Waals surface area contributed by atoms with Gasteiger partial charge < -0.3 is 10.5 Å². The van der Waals surface area contributed by atoms with E-state index in [0.717, 1.165) is 12.8 Å². The number of rotatable bonds is 1. The van der Waals surface area contributed by atoms with Gasteiger partial charge in [-0.2, -0.15) is 0 Å². The summed E-state index contributed by atoms with van der Waals surface area (Å²) in [6.45, 7) is 0. The average molecular weight is 115 g/mol. The van der Waals surface area contributed by atoms with Gasteiger partial charge in [0.05, 0.1) is 6.10 Å². The minimum absolute atomic E-state index is 0.306. The summed E-state index contributed by atoms with van der Waals surface area (Å²) in [5, 5.41) is 0. The molecule has 1 fully saturated rings. The average Bonchev–Trinajstić information content (AvgIpc) is 2.14. The SMILES string of the molecule is COC1CCCC1N. The van der Waals surface area contributed by atoms with Gasteiger partial charge in [-0.3, -0.25) is 0 Å². The summed E-state index contributed by atoms with van der Waals surface area (Å²) >= 11 is 0. The zero-order valence-electron chi connectivity index (χ0n) is 5.26. The Balaban J connectivity index is 2.30. The largest absolute Gasteiger partial charge is 0.380 e. The summed E-state index contributed by atoms with van der Waals surface area (Å²) in [7, 11) is 1.73. The topological polar surface area (TPSA) is 35.2 Å². The highest BCUT2D eigenvalue weighted by atomic mass is 16.5. The molecule has 1 aliphatic carbocycles. The molecular formula is C6H13NO. The van der Waals surface area contributed by atoms with E-state index in [1.807, 2.05) is 0 Å². The van der Waals surface area contributed by atoms with Gasteiger partial charge in [-0.15, -0.1) is 0 Å². The normalized spacial score (nSPS) is 38.2. The zero-order chi connectivity index (χ0) is 5.98. The van der Waals surface area contributed by atoms with Crippen molar-refractivity contribution in [3.63, 3.8) is 0 Å². The van der Waals surface area contributed by atoms with Crippen molar-refractivity contribution in [2.24, 2.45) is 5.73 Å². The lowest BCUT2D eigenvalue weighted by Gasteiger charge is -2.11. The Hall–Kier alpha value is -0.0800. The molecule has 0 aromatic rings. The summed E-state index contributed by atoms with van der Waals surface area (Å²) in [6, 6.07) is 0.306. The van der Waals surface area contributed by atoms with E-state index in [0.29, 0.717) is 12.1 Å². The van der Waals surface area contributed by atoms with Crippen LogP contribution in [0, 0.1) is 0 Å². The summed E-state index contributed by atoms with van der Waals surface area (Å²) in [6.07, 6.45) is 3.87. The van der Waals surface area contributed by atoms with Gasteiger partial charge in [-0.1, -0.05) is 0 Å². The van der Waals surface area contributed by atoms with Crippen LogP contribution in [0.15, 0.2) is 0 Å². The van der Waals surface area contributed by atoms with E-state index in [-0.39, 0.29) is 0 Å². The van der Waals surface area contributed by atoms with Gasteiger partial charge in [0.2, 0.25) is 0 Å². The van der Waals surface area contributed by atoms with Crippen molar-refractivity contribution < 1.29 is 4.74 Å². The summed E-state index contributed by atoms with van der Waals surface area (Å²) in [5.41, 5.74) is 5.66. The first-order chi connectivity index (χ1) is 3.84. The lowest BCUT2D eigenvalue weighted by molar-refractivity contribution is 0.0960. The summed E-state index contributed by atoms with van der Waals surface area (Å²) < 4.78 is 5.10. The van der Waals surface area contributed by atoms with Crippen LogP contribution in [0.2, 0.25) is 0 Å². The highest BCUT2D eigenvalue weighted by molar-refractivity contribution is 4.80. The molecule has 2 heteroatoms. The van der Waals surface area contributed by atoms with E-state index in [9.17, 15) is 0 Å². The molecule has 0 aromatic carbocycles. The maximum Gasteiger partial charge on any atom is 0.0722 e. The Morgan fingerprint density at radius 3 is 2.50 bits per heavy atom. The molecule has 0 spiro atoms. The van der Waals surface area contributed by atoms with Crippen molar-refractivity contribution in [3.05, 3.63) is 0 Å². The molecule has 2 unspecified atom stereocenters. The molecule has 0 radical (unpaired) electrons. The molecule has 0 heterocycles. The molecule has 0 bridgehead atoms. The minimum atomic E-state index is 0.306. The van der Waals surface area contributed by atoms with Gasteiger partial charge in [-0.25, -0.2) is 0 Å². The van der Waals surface area contributed by atoms with E-state index >= 15 is 0 Å². The minimum Gasteiger partial charge on any atom is -0.380 e. The maximum absolute atomic E-state index is 5.66. The second kappa shape index (κ2) is 2.46. The van der Waals surface area contributed by atoms with Crippen molar-refractivity contribution in [2.45, 2.75) is 31.4 Å². The molecule has 1 saturated carbocycles. The molecule has 2 nitrogen and oxygen atoms in total. The van der Waals surface area contributed by atoms with Crippen LogP contribution in [0.5, 0.6) is 0 Å². The third-order valence-electron chi connectivity index (χ3n) is 1.81. The number of methoxy groups -OCH3 is 1. The van der Waals surface area contributed by atoms with Gasteiger partial charge in [0.15, 0.2) is 0 Å². The smallest absolute Gasteiger partial charge is 0.0722 e. The molecular weight excluding hydrogens is 102 g/mol. The molecule has 0 amide bonds. The van der Waals surface area contributed by atoms with Crippen molar-refractivity contribution in [1.82, 2.24) is 0 Å². The Bertz CT molecular complexity index is 74.9. The van der Waals surface area contributed by atoms with Crippen LogP contribution in [0.3, 0.4) is 0 Å². The fourth-order valence-electron chi connectivity index (χ4n) is 1.25. The molecule has 0 saturated heterocycles. The summed E-state index contributed by atoms with van der Waals surface area (Å²) in [5.74, 6) is 0. The molecule has 2 atom stereocenters. The quantitative estimate of drug-likeness (QED) is 0.540. The van der Waals surface area contributed by atoms with Crippen LogP contribution in [0.4, 0.5) is 0 Å². The second-order valence-corrected chi connectivity index (χ2v) is 2.37. The third kappa shape index (κ3) is 1.01. The van der Waals surface area contributed by atoms with Gasteiger partial charge in [0.25, 0.3) is 0 Å². The van der Waals surface area contributed by atoms with Crippen LogP contribution >= 0.6 is 0 Å². The first kappa shape index (κ1) is 6.05. The molecule has 1 rings (SSSR count). The lowest BCUT2D eigenvalue weighted by atomic mass is 10.2. The third-order valence-corrected chi connectivity index (χ3v) is 1.81. The Morgan fingerprint density at radius 1 is 1.50 bits per heavy atom. The van der Waals surface area contributed by atoms with Crippen LogP contribution < -0.4 is 5.73 Å². The Kier molecular flexibility index (Phi) is 1.86. The molecule has 0 aromatic heterocycles. The van der Waals surface area contributed by atoms with E-state index in [1.54, 1.807) is 7.11 Å². The van der Waals surface area contributed by atoms with Gasteiger partial charge in [0, 0.05) is 13.2 Å². The summed E-state index contributed by atoms with van der Waals surface area (Å²) in [4.78, 5) is 0. The number of hydrogen-bond acceptors (Lipinski definition) is 2. The van der Waals surface area contributed by atoms with E-state index in [4.69, 9.17) is 10.5 Å². The van der Waals surface area contributed by atoms with E-state index in [1.165, 1.54) is 6.42 Å². The van der Waals surface area contributed by atoms with Crippen molar-refractivity contribution in [1.29, 1.82) is 0 Å². The van der Waals surface area contributed by atoms with Crippen molar-refractivity contribution >= 4 is 0 Å². The monoisotopic (exact) mass is 115 g/mol. The van der Waals surface area contributed by atoms with Crippen molar-refractivity contribution in [2.75, 3.05) is 7.11 Å². The highest BCUT2D eigenvalue weighted by Crippen LogP contribution is 2.18. The first-order valence-corrected chi connectivity index (χ1v) is 3.13. The fraction of sp³-hybridized carbons (Fsp3) is 1.00. The van der Waals surface area contributed by atoms with Crippen molar-refractivity contribution in [3.8, 4) is 0 Å². The number of nitrogens with two attached hydrogens (primary N) is 1. The second-order valence-electron chi connectivity index (χ2n) is 2.37. The molecule has 48 valence electrons. The van der Waals surface area contributed by atoms with E-state index in [2.05, 4.69) is 0 Å². The highest BCUT2D eigenvalue weighted by Gasteiger charge is 2.22. The molecule has 8 heavy (non-hydrogen) atoms. The van der Waals surface area contributed by atoms with Crippen LogP contribution in [0.25, 0.3) is 0 Å². The Labute approximate surface area is 50.0 Å². The zero-order valence-corrected chi connectivity index (χ0v) is 5.26. The van der Waals surface area contributed by atoms with Gasteiger partial charge in [0.1, 0.15) is 0 Å². The Morgan fingerprint density at radius 2 is 2.25 bits per heavy atom. The maximum atomic E-state index is 5.66. The van der Waals surface area contributed by atoms with Gasteiger partial charge >= 0.3 is 0 Å².